The van der Waals surface area contributed by atoms with E-state index in [4.69, 9.17) is 0 Å². The molecule has 1 atom stereocenters. The van der Waals surface area contributed by atoms with Gasteiger partial charge in [-0.05, 0) is 35.9 Å². The Morgan fingerprint density at radius 1 is 1.10 bits per heavy atom. The first-order valence-electron chi connectivity index (χ1n) is 5.50. The maximum atomic E-state index is 13.6. The molecule has 1 N–H and O–H groups in total. The number of pyridine rings is 1. The Labute approximate surface area is 111 Å². The largest absolute Gasteiger partial charge is 0.573 e. The van der Waals surface area contributed by atoms with Crippen LogP contribution in [0.2, 0.25) is 0 Å². The van der Waals surface area contributed by atoms with Crippen LogP contribution in [0.4, 0.5) is 17.6 Å². The van der Waals surface area contributed by atoms with E-state index in [1.807, 2.05) is 0 Å². The zero-order valence-electron chi connectivity index (χ0n) is 9.93. The predicted molar refractivity (Wildman–Crippen MR) is 61.4 cm³/mol. The molecule has 3 nitrogen and oxygen atoms in total. The summed E-state index contributed by atoms with van der Waals surface area (Å²) in [6, 6.07) is 5.32. The van der Waals surface area contributed by atoms with Crippen molar-refractivity contribution in [2.45, 2.75) is 12.5 Å². The van der Waals surface area contributed by atoms with Gasteiger partial charge in [0.1, 0.15) is 17.7 Å². The number of aliphatic hydroxyl groups is 1. The molecule has 1 aromatic heterocycles. The molecule has 2 aromatic rings. The van der Waals surface area contributed by atoms with Crippen molar-refractivity contribution >= 4 is 0 Å². The van der Waals surface area contributed by atoms with Gasteiger partial charge in [-0.1, -0.05) is 0 Å². The second-order valence-corrected chi connectivity index (χ2v) is 3.91. The summed E-state index contributed by atoms with van der Waals surface area (Å²) in [7, 11) is 0. The van der Waals surface area contributed by atoms with Crippen LogP contribution in [-0.4, -0.2) is 16.5 Å². The molecule has 0 spiro atoms. The Bertz CT molecular complexity index is 587. The van der Waals surface area contributed by atoms with E-state index in [0.29, 0.717) is 5.56 Å². The van der Waals surface area contributed by atoms with Crippen molar-refractivity contribution in [1.82, 2.24) is 4.98 Å². The number of rotatable bonds is 3. The van der Waals surface area contributed by atoms with Crippen molar-refractivity contribution in [2.24, 2.45) is 0 Å². The maximum absolute atomic E-state index is 13.6. The summed E-state index contributed by atoms with van der Waals surface area (Å²) in [5.41, 5.74) is 0.000934. The van der Waals surface area contributed by atoms with Gasteiger partial charge in [-0.2, -0.15) is 0 Å². The summed E-state index contributed by atoms with van der Waals surface area (Å²) in [4.78, 5) is 3.73. The smallest absolute Gasteiger partial charge is 0.406 e. The van der Waals surface area contributed by atoms with E-state index in [0.717, 1.165) is 18.2 Å². The summed E-state index contributed by atoms with van der Waals surface area (Å²) < 4.78 is 53.7. The molecule has 0 saturated heterocycles. The van der Waals surface area contributed by atoms with Gasteiger partial charge in [0.25, 0.3) is 0 Å². The maximum Gasteiger partial charge on any atom is 0.573 e. The molecule has 0 bridgehead atoms. The molecule has 1 heterocycles. The molecular formula is C13H9F4NO2. The molecule has 0 aliphatic rings. The number of nitrogens with zero attached hydrogens (tertiary/aromatic N) is 1. The first-order valence-corrected chi connectivity index (χ1v) is 5.50. The molecule has 1 aromatic carbocycles. The summed E-state index contributed by atoms with van der Waals surface area (Å²) >= 11 is 0. The number of halogens is 4. The van der Waals surface area contributed by atoms with Crippen LogP contribution in [0.3, 0.4) is 0 Å². The van der Waals surface area contributed by atoms with Gasteiger partial charge in [0.15, 0.2) is 0 Å². The van der Waals surface area contributed by atoms with E-state index in [9.17, 15) is 22.7 Å². The minimum atomic E-state index is -4.88. The Kier molecular flexibility index (Phi) is 3.89. The Balaban J connectivity index is 2.34. The number of alkyl halides is 3. The molecule has 0 amide bonds. The topological polar surface area (TPSA) is 42.4 Å². The molecule has 0 aliphatic heterocycles. The highest BCUT2D eigenvalue weighted by Crippen LogP contribution is 2.30. The van der Waals surface area contributed by atoms with Crippen molar-refractivity contribution in [2.75, 3.05) is 0 Å². The lowest BCUT2D eigenvalue weighted by atomic mass is 10.0. The zero-order chi connectivity index (χ0) is 14.8. The quantitative estimate of drug-likeness (QED) is 0.881. The lowest BCUT2D eigenvalue weighted by Crippen LogP contribution is -2.17. The molecule has 0 saturated carbocycles. The van der Waals surface area contributed by atoms with Gasteiger partial charge in [-0.3, -0.25) is 4.98 Å². The van der Waals surface area contributed by atoms with Gasteiger partial charge in [-0.15, -0.1) is 13.2 Å². The number of hydrogen-bond acceptors (Lipinski definition) is 3. The highest BCUT2D eigenvalue weighted by Gasteiger charge is 2.31. The zero-order valence-corrected chi connectivity index (χ0v) is 9.93. The molecule has 0 radical (unpaired) electrons. The highest BCUT2D eigenvalue weighted by molar-refractivity contribution is 5.36. The van der Waals surface area contributed by atoms with Crippen LogP contribution in [-0.2, 0) is 0 Å². The van der Waals surface area contributed by atoms with Crippen LogP contribution < -0.4 is 4.74 Å². The van der Waals surface area contributed by atoms with E-state index < -0.39 is 24.0 Å². The van der Waals surface area contributed by atoms with Crippen LogP contribution in [0.5, 0.6) is 5.75 Å². The van der Waals surface area contributed by atoms with Crippen LogP contribution in [0.1, 0.15) is 17.2 Å². The number of aromatic nitrogens is 1. The molecule has 1 unspecified atom stereocenters. The van der Waals surface area contributed by atoms with Gasteiger partial charge >= 0.3 is 6.36 Å². The van der Waals surface area contributed by atoms with Crippen LogP contribution in [0.25, 0.3) is 0 Å². The normalized spacial score (nSPS) is 13.1. The summed E-state index contributed by atoms with van der Waals surface area (Å²) in [6.45, 7) is 0. The predicted octanol–water partition coefficient (Wildman–Crippen LogP) is 3.20. The summed E-state index contributed by atoms with van der Waals surface area (Å²) in [6.07, 6.45) is -3.52. The van der Waals surface area contributed by atoms with Gasteiger partial charge in [0, 0.05) is 18.0 Å². The monoisotopic (exact) mass is 287 g/mol. The van der Waals surface area contributed by atoms with Crippen molar-refractivity contribution in [3.8, 4) is 5.75 Å². The van der Waals surface area contributed by atoms with E-state index in [1.165, 1.54) is 24.5 Å². The Hall–Kier alpha value is -2.15. The van der Waals surface area contributed by atoms with Crippen molar-refractivity contribution in [1.29, 1.82) is 0 Å². The van der Waals surface area contributed by atoms with Gasteiger partial charge in [-0.25, -0.2) is 4.39 Å². The first-order chi connectivity index (χ1) is 9.37. The third-order valence-electron chi connectivity index (χ3n) is 2.52. The lowest BCUT2D eigenvalue weighted by molar-refractivity contribution is -0.274. The highest BCUT2D eigenvalue weighted by atomic mass is 19.4. The van der Waals surface area contributed by atoms with Gasteiger partial charge in [0.2, 0.25) is 0 Å². The third kappa shape index (κ3) is 3.45. The fraction of sp³-hybridized carbons (Fsp3) is 0.154. The second-order valence-electron chi connectivity index (χ2n) is 3.91. The van der Waals surface area contributed by atoms with E-state index in [1.54, 1.807) is 0 Å². The van der Waals surface area contributed by atoms with Gasteiger partial charge < -0.3 is 9.84 Å². The van der Waals surface area contributed by atoms with Crippen LogP contribution in [0, 0.1) is 5.82 Å². The average Bonchev–Trinajstić information content (AvgIpc) is 2.40. The average molecular weight is 287 g/mol. The molecule has 7 heteroatoms. The Morgan fingerprint density at radius 3 is 2.35 bits per heavy atom. The van der Waals surface area contributed by atoms with Crippen molar-refractivity contribution in [3.63, 3.8) is 0 Å². The molecule has 0 fully saturated rings. The van der Waals surface area contributed by atoms with E-state index in [-0.39, 0.29) is 5.56 Å². The first kappa shape index (κ1) is 14.3. The van der Waals surface area contributed by atoms with Crippen LogP contribution in [0.15, 0.2) is 42.7 Å². The SMILES string of the molecule is OC(c1ccncc1)c1cc(OC(F)(F)F)ccc1F. The second kappa shape index (κ2) is 5.46. The number of hydrogen-bond donors (Lipinski definition) is 1. The third-order valence-corrected chi connectivity index (χ3v) is 2.52. The van der Waals surface area contributed by atoms with Gasteiger partial charge in [0.05, 0.1) is 0 Å². The Morgan fingerprint density at radius 2 is 1.75 bits per heavy atom. The van der Waals surface area contributed by atoms with E-state index >= 15 is 0 Å². The van der Waals surface area contributed by atoms with Crippen molar-refractivity contribution in [3.05, 3.63) is 59.7 Å². The molecule has 106 valence electrons. The standard InChI is InChI=1S/C13H9F4NO2/c14-11-2-1-9(20-13(15,16)17)7-10(11)12(19)8-3-5-18-6-4-8/h1-7,12,19H. The van der Waals surface area contributed by atoms with E-state index in [2.05, 4.69) is 9.72 Å². The summed E-state index contributed by atoms with van der Waals surface area (Å²) in [5.74, 6) is -1.43. The molecular weight excluding hydrogens is 278 g/mol. The molecule has 2 rings (SSSR count). The molecule has 0 aliphatic carbocycles. The minimum Gasteiger partial charge on any atom is -0.406 e. The summed E-state index contributed by atoms with van der Waals surface area (Å²) in [5, 5.41) is 9.99. The fourth-order valence-electron chi connectivity index (χ4n) is 1.65. The lowest BCUT2D eigenvalue weighted by Gasteiger charge is -2.15. The molecule has 20 heavy (non-hydrogen) atoms. The fourth-order valence-corrected chi connectivity index (χ4v) is 1.65. The number of ether oxygens (including phenoxy) is 1. The van der Waals surface area contributed by atoms with Crippen LogP contribution >= 0.6 is 0 Å². The number of benzene rings is 1. The minimum absolute atomic E-state index is 0.307. The number of aliphatic hydroxyl groups excluding tert-OH is 1. The van der Waals surface area contributed by atoms with Crippen molar-refractivity contribution < 1.29 is 27.4 Å².